The van der Waals surface area contributed by atoms with Gasteiger partial charge in [-0.15, -0.1) is 11.8 Å². The van der Waals surface area contributed by atoms with Crippen LogP contribution in [0.3, 0.4) is 0 Å². The number of rotatable bonds is 15. The van der Waals surface area contributed by atoms with Crippen LogP contribution in [-0.2, 0) is 4.74 Å². The van der Waals surface area contributed by atoms with E-state index < -0.39 is 0 Å². The molecule has 0 spiro atoms. The van der Waals surface area contributed by atoms with Gasteiger partial charge in [-0.1, -0.05) is 20.8 Å². The maximum atomic E-state index is 13.3. The van der Waals surface area contributed by atoms with Crippen molar-refractivity contribution in [2.24, 2.45) is 5.41 Å². The number of carbonyl (C=O) groups is 1. The van der Waals surface area contributed by atoms with Crippen LogP contribution in [0.4, 0.5) is 0 Å². The summed E-state index contributed by atoms with van der Waals surface area (Å²) in [6.07, 6.45) is 0. The average Bonchev–Trinajstić information content (AvgIpc) is 2.81. The molecule has 2 aromatic rings. The summed E-state index contributed by atoms with van der Waals surface area (Å²) < 4.78 is 28.9. The Labute approximate surface area is 214 Å². The van der Waals surface area contributed by atoms with Gasteiger partial charge in [-0.25, -0.2) is 0 Å². The molecule has 2 aromatic carbocycles. The van der Waals surface area contributed by atoms with Crippen LogP contribution in [0.2, 0.25) is 0 Å². The van der Waals surface area contributed by atoms with E-state index in [4.69, 9.17) is 23.7 Å². The quantitative estimate of drug-likeness (QED) is 0.190. The van der Waals surface area contributed by atoms with E-state index >= 15 is 0 Å². The molecule has 0 saturated carbocycles. The summed E-state index contributed by atoms with van der Waals surface area (Å²) in [4.78, 5) is 13.3. The minimum atomic E-state index is -0.176. The Morgan fingerprint density at radius 1 is 0.829 bits per heavy atom. The summed E-state index contributed by atoms with van der Waals surface area (Å²) in [5.41, 5.74) is 0.479. The molecule has 0 aliphatic heterocycles. The van der Waals surface area contributed by atoms with Gasteiger partial charge in [-0.05, 0) is 57.4 Å². The maximum absolute atomic E-state index is 13.3. The third-order valence-corrected chi connectivity index (χ3v) is 6.66. The van der Waals surface area contributed by atoms with Gasteiger partial charge in [0.2, 0.25) is 5.75 Å². The molecule has 1 atom stereocenters. The molecule has 0 radical (unpaired) electrons. The molecule has 0 aliphatic rings. The van der Waals surface area contributed by atoms with Crippen LogP contribution in [-0.4, -0.2) is 49.8 Å². The van der Waals surface area contributed by atoms with Crippen LogP contribution in [0.5, 0.6) is 28.7 Å². The predicted molar refractivity (Wildman–Crippen MR) is 143 cm³/mol. The number of hydrogen-bond acceptors (Lipinski definition) is 7. The summed E-state index contributed by atoms with van der Waals surface area (Å²) in [5, 5.41) is -0.171. The first-order valence-electron chi connectivity index (χ1n) is 12.3. The predicted octanol–water partition coefficient (Wildman–Crippen LogP) is 7.04. The number of benzene rings is 2. The molecular formula is C28H40O6S. The van der Waals surface area contributed by atoms with E-state index in [-0.39, 0.29) is 16.4 Å². The highest BCUT2D eigenvalue weighted by molar-refractivity contribution is 8.00. The highest BCUT2D eigenvalue weighted by Crippen LogP contribution is 2.44. The Morgan fingerprint density at radius 2 is 1.40 bits per heavy atom. The number of carbonyl (C=O) groups excluding carboxylic acids is 1. The van der Waals surface area contributed by atoms with Gasteiger partial charge in [-0.2, -0.15) is 0 Å². The Bertz CT molecular complexity index is 893. The topological polar surface area (TPSA) is 63.2 Å². The van der Waals surface area contributed by atoms with Crippen molar-refractivity contribution in [1.29, 1.82) is 0 Å². The molecule has 194 valence electrons. The standard InChI is InChI=1S/C28H40O6S/c1-8-30-16-17-35-27(28(5,6)7)25(29)20-12-14-21(15-13-20)34-26-23(32-10-3)18-22(31-9-2)19-24(26)33-11-4/h12-15,18-19,27H,8-11,16-17H2,1-7H3. The lowest BCUT2D eigenvalue weighted by molar-refractivity contribution is 0.0950. The van der Waals surface area contributed by atoms with Crippen molar-refractivity contribution >= 4 is 17.5 Å². The summed E-state index contributed by atoms with van der Waals surface area (Å²) in [6.45, 7) is 16.8. The van der Waals surface area contributed by atoms with Gasteiger partial charge in [0.1, 0.15) is 11.5 Å². The molecule has 0 saturated heterocycles. The van der Waals surface area contributed by atoms with E-state index in [9.17, 15) is 4.79 Å². The minimum Gasteiger partial charge on any atom is -0.494 e. The second kappa shape index (κ2) is 14.2. The fraction of sp³-hybridized carbons (Fsp3) is 0.536. The molecule has 6 nitrogen and oxygen atoms in total. The molecular weight excluding hydrogens is 464 g/mol. The first-order chi connectivity index (χ1) is 16.7. The van der Waals surface area contributed by atoms with Crippen molar-refractivity contribution < 1.29 is 28.5 Å². The zero-order valence-electron chi connectivity index (χ0n) is 22.1. The van der Waals surface area contributed by atoms with E-state index in [1.54, 1.807) is 36.0 Å². The van der Waals surface area contributed by atoms with Crippen molar-refractivity contribution in [1.82, 2.24) is 0 Å². The first-order valence-corrected chi connectivity index (χ1v) is 13.4. The highest BCUT2D eigenvalue weighted by atomic mass is 32.2. The van der Waals surface area contributed by atoms with E-state index in [2.05, 4.69) is 20.8 Å². The SMILES string of the molecule is CCOCCSC(C(=O)c1ccc(Oc2c(OCC)cc(OCC)cc2OCC)cc1)C(C)(C)C. The second-order valence-electron chi connectivity index (χ2n) is 8.85. The second-order valence-corrected chi connectivity index (χ2v) is 10.1. The van der Waals surface area contributed by atoms with Gasteiger partial charge in [-0.3, -0.25) is 4.79 Å². The molecule has 0 heterocycles. The lowest BCUT2D eigenvalue weighted by Gasteiger charge is -2.29. The molecule has 0 fully saturated rings. The number of Topliss-reactive ketones (excluding diaryl/α,β-unsaturated/α-hetero) is 1. The highest BCUT2D eigenvalue weighted by Gasteiger charge is 2.32. The molecule has 2 rings (SSSR count). The molecule has 7 heteroatoms. The fourth-order valence-electron chi connectivity index (χ4n) is 3.47. The zero-order valence-corrected chi connectivity index (χ0v) is 23.0. The summed E-state index contributed by atoms with van der Waals surface area (Å²) in [7, 11) is 0. The van der Waals surface area contributed by atoms with Crippen LogP contribution in [0.1, 0.15) is 58.8 Å². The van der Waals surface area contributed by atoms with E-state index in [0.717, 1.165) is 5.75 Å². The monoisotopic (exact) mass is 504 g/mol. The van der Waals surface area contributed by atoms with Gasteiger partial charge in [0, 0.05) is 30.1 Å². The largest absolute Gasteiger partial charge is 0.494 e. The van der Waals surface area contributed by atoms with Gasteiger partial charge in [0.05, 0.1) is 31.7 Å². The van der Waals surface area contributed by atoms with Crippen LogP contribution in [0.25, 0.3) is 0 Å². The van der Waals surface area contributed by atoms with Crippen molar-refractivity contribution in [3.05, 3.63) is 42.0 Å². The van der Waals surface area contributed by atoms with Crippen LogP contribution >= 0.6 is 11.8 Å². The number of ether oxygens (including phenoxy) is 5. The van der Waals surface area contributed by atoms with E-state index in [1.807, 2.05) is 39.8 Å². The Kier molecular flexibility index (Phi) is 11.7. The van der Waals surface area contributed by atoms with Gasteiger partial charge < -0.3 is 23.7 Å². The first kappa shape index (κ1) is 28.9. The van der Waals surface area contributed by atoms with Gasteiger partial charge in [0.25, 0.3) is 0 Å². The minimum absolute atomic E-state index is 0.108. The molecule has 0 aromatic heterocycles. The maximum Gasteiger partial charge on any atom is 0.211 e. The molecule has 0 N–H and O–H groups in total. The van der Waals surface area contributed by atoms with E-state index in [1.165, 1.54) is 0 Å². The molecule has 0 aliphatic carbocycles. The number of thioether (sulfide) groups is 1. The Balaban J connectivity index is 2.27. The third-order valence-electron chi connectivity index (χ3n) is 5.00. The summed E-state index contributed by atoms with van der Waals surface area (Å²) in [6, 6.07) is 10.8. The lowest BCUT2D eigenvalue weighted by atomic mass is 9.87. The Hall–Kier alpha value is -2.38. The van der Waals surface area contributed by atoms with Crippen molar-refractivity contribution in [3.8, 4) is 28.7 Å². The molecule has 35 heavy (non-hydrogen) atoms. The normalized spacial score (nSPS) is 12.2. The number of hydrogen-bond donors (Lipinski definition) is 0. The molecule has 1 unspecified atom stereocenters. The van der Waals surface area contributed by atoms with E-state index in [0.29, 0.717) is 67.3 Å². The van der Waals surface area contributed by atoms with Crippen molar-refractivity contribution in [2.45, 2.75) is 53.7 Å². The molecule has 0 amide bonds. The lowest BCUT2D eigenvalue weighted by Crippen LogP contribution is -2.32. The van der Waals surface area contributed by atoms with Crippen LogP contribution in [0, 0.1) is 5.41 Å². The van der Waals surface area contributed by atoms with Crippen molar-refractivity contribution in [3.63, 3.8) is 0 Å². The fourth-order valence-corrected chi connectivity index (χ4v) is 4.71. The average molecular weight is 505 g/mol. The van der Waals surface area contributed by atoms with Crippen molar-refractivity contribution in [2.75, 3.05) is 38.8 Å². The van der Waals surface area contributed by atoms with Crippen LogP contribution < -0.4 is 18.9 Å². The molecule has 0 bridgehead atoms. The third kappa shape index (κ3) is 8.65. The van der Waals surface area contributed by atoms with Gasteiger partial charge >= 0.3 is 0 Å². The zero-order chi connectivity index (χ0) is 25.8. The van der Waals surface area contributed by atoms with Crippen LogP contribution in [0.15, 0.2) is 36.4 Å². The Morgan fingerprint density at radius 3 is 1.89 bits per heavy atom. The summed E-state index contributed by atoms with van der Waals surface area (Å²) in [5.74, 6) is 3.70. The smallest absolute Gasteiger partial charge is 0.211 e. The summed E-state index contributed by atoms with van der Waals surface area (Å²) >= 11 is 1.65. The van der Waals surface area contributed by atoms with Gasteiger partial charge in [0.15, 0.2) is 17.3 Å². The number of ketones is 1.